The lowest BCUT2D eigenvalue weighted by Gasteiger charge is -2.47. The highest BCUT2D eigenvalue weighted by Gasteiger charge is 2.64. The number of cyclic esters (lactones) is 2. The number of fused-ring (bicyclic) bond motifs is 2. The number of hydrogen-bond acceptors (Lipinski definition) is 23. The second-order valence-electron chi connectivity index (χ2n) is 27.7. The molecule has 5 rings (SSSR count). The number of carbonyl (C=O) groups excluding carboxylic acids is 10. The fourth-order valence-electron chi connectivity index (χ4n) is 14.6. The molecule has 5 aliphatic heterocycles. The smallest absolute Gasteiger partial charge is 0.410 e. The van der Waals surface area contributed by atoms with Crippen LogP contribution < -0.4 is 0 Å². The topological polar surface area (TPSA) is 392 Å². The van der Waals surface area contributed by atoms with Gasteiger partial charge >= 0.3 is 34.6 Å². The van der Waals surface area contributed by atoms with Crippen molar-refractivity contribution < 1.29 is 105 Å². The summed E-state index contributed by atoms with van der Waals surface area (Å²) in [7, 11) is 7.48. The third kappa shape index (κ3) is 20.8. The van der Waals surface area contributed by atoms with Gasteiger partial charge in [-0.25, -0.2) is 28.0 Å². The van der Waals surface area contributed by atoms with E-state index in [0.717, 1.165) is 21.0 Å². The van der Waals surface area contributed by atoms with Crippen molar-refractivity contribution in [3.05, 3.63) is 20.9 Å². The molecule has 2 amide bonds. The Kier molecular flexibility index (Phi) is 34.3. The summed E-state index contributed by atoms with van der Waals surface area (Å²) in [6, 6.07) is -2.16. The van der Waals surface area contributed by atoms with Gasteiger partial charge in [-0.15, -0.1) is 0 Å². The lowest BCUT2D eigenvalue weighted by molar-refractivity contribution is -0.295. The van der Waals surface area contributed by atoms with Crippen LogP contribution >= 0.6 is 23.2 Å². The van der Waals surface area contributed by atoms with E-state index in [9.17, 15) is 53.1 Å². The number of alkyl halides is 2. The molecular weight excluding hydrogens is 1350 g/mol. The second-order valence-corrected chi connectivity index (χ2v) is 28.4. The molecule has 2 N–H and O–H groups in total. The van der Waals surface area contributed by atoms with E-state index in [0.29, 0.717) is 32.1 Å². The van der Waals surface area contributed by atoms with Crippen LogP contribution in [-0.2, 0) is 76.3 Å². The van der Waals surface area contributed by atoms with Gasteiger partial charge in [-0.05, 0) is 161 Å². The molecule has 29 nitrogen and oxygen atoms in total. The Balaban J connectivity index is 0.000000621. The number of likely N-dealkylation sites (N-methyl/N-ethyl adjacent to an activating group) is 1. The molecule has 564 valence electrons. The number of amides is 2. The fourth-order valence-corrected chi connectivity index (χ4v) is 14.6. The lowest BCUT2D eigenvalue weighted by Crippen LogP contribution is -2.61. The zero-order chi connectivity index (χ0) is 76.4. The molecule has 5 heterocycles. The van der Waals surface area contributed by atoms with Crippen LogP contribution in [0.15, 0.2) is 10.2 Å². The maximum Gasteiger partial charge on any atom is 0.410 e. The quantitative estimate of drug-likeness (QED) is 0.0148. The molecule has 22 atom stereocenters. The van der Waals surface area contributed by atoms with E-state index in [1.807, 2.05) is 25.9 Å². The summed E-state index contributed by atoms with van der Waals surface area (Å²) < 4.78 is 80.1. The average Bonchev–Trinajstić information content (AvgIpc) is 1.65. The number of azide groups is 2. The summed E-state index contributed by atoms with van der Waals surface area (Å²) in [6.07, 6.45) is -5.05. The maximum absolute atomic E-state index is 16.7. The monoisotopic (exact) mass is 1450 g/mol. The summed E-state index contributed by atoms with van der Waals surface area (Å²) in [5.74, 6) is -11.1. The molecule has 0 aromatic heterocycles. The Bertz CT molecular complexity index is 2930. The van der Waals surface area contributed by atoms with Gasteiger partial charge in [-0.1, -0.05) is 72.5 Å². The first-order valence-electron chi connectivity index (χ1n) is 33.5. The maximum atomic E-state index is 16.7. The summed E-state index contributed by atoms with van der Waals surface area (Å²) in [5, 5.41) is 23.1. The van der Waals surface area contributed by atoms with Crippen LogP contribution in [0.4, 0.5) is 18.4 Å². The van der Waals surface area contributed by atoms with E-state index < -0.39 is 164 Å². The van der Waals surface area contributed by atoms with Crippen molar-refractivity contribution in [3.63, 3.8) is 0 Å². The average molecular weight is 1460 g/mol. The summed E-state index contributed by atoms with van der Waals surface area (Å²) in [5.41, 5.74) is 5.50. The summed E-state index contributed by atoms with van der Waals surface area (Å²) in [6.45, 7) is 25.8. The van der Waals surface area contributed by atoms with E-state index in [-0.39, 0.29) is 75.6 Å². The van der Waals surface area contributed by atoms with Crippen molar-refractivity contribution in [1.82, 2.24) is 14.7 Å². The number of hydrogen-bond donors (Lipinski definition) is 2. The van der Waals surface area contributed by atoms with Gasteiger partial charge in [-0.2, -0.15) is 0 Å². The van der Waals surface area contributed by atoms with E-state index in [4.69, 9.17) is 54.1 Å². The molecule has 0 saturated carbocycles. The zero-order valence-electron chi connectivity index (χ0n) is 61.2. The number of unbranched alkanes of at least 4 members (excludes halogenated alkanes) is 2. The molecule has 33 heteroatoms. The lowest BCUT2D eigenvalue weighted by atomic mass is 9.70. The Labute approximate surface area is 589 Å². The van der Waals surface area contributed by atoms with Crippen molar-refractivity contribution >= 4 is 80.9 Å². The molecule has 0 bridgehead atoms. The van der Waals surface area contributed by atoms with Gasteiger partial charge in [0.25, 0.3) is 11.3 Å². The normalized spacial score (nSPS) is 37.9. The van der Waals surface area contributed by atoms with E-state index >= 15 is 8.78 Å². The van der Waals surface area contributed by atoms with Crippen LogP contribution in [-0.4, -0.2) is 233 Å². The number of ketones is 4. The van der Waals surface area contributed by atoms with Crippen LogP contribution in [0.5, 0.6) is 0 Å². The van der Waals surface area contributed by atoms with Crippen LogP contribution in [0.2, 0.25) is 0 Å². The Morgan fingerprint density at radius 1 is 0.636 bits per heavy atom. The molecule has 99 heavy (non-hydrogen) atoms. The van der Waals surface area contributed by atoms with Crippen LogP contribution in [0, 0.1) is 41.4 Å². The number of esters is 2. The Hall–Kier alpha value is -5.72. The van der Waals surface area contributed by atoms with Crippen molar-refractivity contribution in [1.29, 1.82) is 0 Å². The number of aliphatic hydroxyl groups is 2. The van der Waals surface area contributed by atoms with Gasteiger partial charge in [0.05, 0.1) is 35.5 Å². The fraction of sp³-hybridized carbons (Fsp3) is 0.848. The minimum absolute atomic E-state index is 0.0144. The van der Waals surface area contributed by atoms with Crippen LogP contribution in [0.1, 0.15) is 169 Å². The minimum Gasteiger partial charge on any atom is -0.455 e. The Morgan fingerprint density at radius 3 is 1.35 bits per heavy atom. The predicted octanol–water partition coefficient (Wildman–Crippen LogP) is 9.70. The molecule has 0 radical (unpaired) electrons. The predicted molar refractivity (Wildman–Crippen MR) is 358 cm³/mol. The first kappa shape index (κ1) is 89.4. The van der Waals surface area contributed by atoms with Crippen molar-refractivity contribution in [2.45, 2.75) is 257 Å². The molecule has 0 aromatic carbocycles. The molecule has 5 fully saturated rings. The van der Waals surface area contributed by atoms with E-state index in [2.05, 4.69) is 43.3 Å². The number of methoxy groups -OCH3 is 2. The molecule has 5 aliphatic rings. The second kappa shape index (κ2) is 38.0. The third-order valence-corrected chi connectivity index (χ3v) is 21.0. The number of Topliss-reactive ketones (excluding diaryl/α,β-unsaturated/α-hetero) is 4. The standard InChI is InChI=1S/C35H58FN5O10.C28H45FN4O7.C2Cl2O2.CH4O/c1-12-24-35(8)27(41(32(46)51-35)16-14-13-15-38-39-37)21(4)25(42)19(2)18-33(6,47-11)29(22(5)28(44)34(7,36)31(45)49-24)50-30-26(43)23(40(9)10)17-20(3)48-30;1-10-20-28(8)22(33(25(37)40-28)14-12-11-13-31-32-30)18(4)21(34)16(2)15-26(6,38-9)19(5)17(3)23(35)27(7,29)24(36)39-20;3-1(5)2(4)6;1-2/h19-24,26-27,29-30,43H,12-18H2,1-11H3;16-20,22H,10-15H2,1-9H3;;2H,1H3/t19-,20?,21+,22+,23?,24-,26?,27-,29-,30?,33+,34+,35-;16-,17-,18+,19-,20-,22-,26+,27+,28-;;/m11../s1. The summed E-state index contributed by atoms with van der Waals surface area (Å²) in [4.78, 5) is 139. The van der Waals surface area contributed by atoms with Crippen LogP contribution in [0.3, 0.4) is 0 Å². The summed E-state index contributed by atoms with van der Waals surface area (Å²) >= 11 is 8.98. The highest BCUT2D eigenvalue weighted by atomic mass is 35.5. The Morgan fingerprint density at radius 2 is 1.01 bits per heavy atom. The molecule has 0 spiro atoms. The van der Waals surface area contributed by atoms with Crippen molar-refractivity contribution in [2.24, 2.45) is 51.7 Å². The number of carbonyl (C=O) groups is 10. The van der Waals surface area contributed by atoms with Crippen LogP contribution in [0.25, 0.3) is 20.9 Å². The number of halogens is 4. The van der Waals surface area contributed by atoms with E-state index in [1.165, 1.54) is 30.9 Å². The van der Waals surface area contributed by atoms with Crippen molar-refractivity contribution in [2.75, 3.05) is 61.6 Å². The first-order valence-corrected chi connectivity index (χ1v) is 34.2. The molecule has 0 aliphatic carbocycles. The number of nitrogens with zero attached hydrogens (tertiary/aromatic N) is 9. The molecule has 0 aromatic rings. The largest absolute Gasteiger partial charge is 0.455 e. The first-order chi connectivity index (χ1) is 45.9. The van der Waals surface area contributed by atoms with Crippen molar-refractivity contribution in [3.8, 4) is 0 Å². The van der Waals surface area contributed by atoms with E-state index in [1.54, 1.807) is 83.1 Å². The molecular formula is C66H107Cl2F2N9O20. The highest BCUT2D eigenvalue weighted by molar-refractivity contribution is 6.97. The number of rotatable bonds is 18. The molecule has 5 saturated heterocycles. The molecule has 4 unspecified atom stereocenters. The van der Waals surface area contributed by atoms with Gasteiger partial charge in [0.15, 0.2) is 29.1 Å². The van der Waals surface area contributed by atoms with Gasteiger partial charge in [0, 0.05) is 98.9 Å². The minimum atomic E-state index is -3.18. The van der Waals surface area contributed by atoms with Gasteiger partial charge in [0.1, 0.15) is 29.9 Å². The number of aliphatic hydroxyl groups excluding tert-OH is 2. The number of ether oxygens (including phenoxy) is 8. The van der Waals surface area contributed by atoms with Gasteiger partial charge in [-0.3, -0.25) is 28.8 Å². The highest BCUT2D eigenvalue weighted by Crippen LogP contribution is 2.46. The van der Waals surface area contributed by atoms with Gasteiger partial charge < -0.3 is 62.8 Å². The SMILES string of the molecule is CC[C@H]1OC(=O)[C@@](C)(F)C(=O)[C@H](C)[C@@H](C)[C@@](C)(OC)C[C@@H](C)C(=O)[C@H](C)[C@H]2N(CCCCN=[N+]=[N-])C(=O)O[C@]12C.CC[C@H]1OC(=O)[C@@](C)(F)C(=O)[C@H](C)[C@@H](OC2OC(C)CC(N(C)C)C2O)[C@@](C)(OC)C[C@@H](C)C(=O)[C@H](C)[C@H]2N(CCCCN=[N+]=[N-])C(=O)O[C@]12C.CO.O=C(Cl)C(=O)Cl. The zero-order valence-corrected chi connectivity index (χ0v) is 62.7. The third-order valence-electron chi connectivity index (χ3n) is 20.6. The van der Waals surface area contributed by atoms with Gasteiger partial charge in [0.2, 0.25) is 0 Å².